The van der Waals surface area contributed by atoms with Gasteiger partial charge in [-0.25, -0.2) is 0 Å². The van der Waals surface area contributed by atoms with Gasteiger partial charge in [0.1, 0.15) is 11.9 Å². The zero-order valence-electron chi connectivity index (χ0n) is 17.5. The van der Waals surface area contributed by atoms with Crippen molar-refractivity contribution < 1.29 is 9.47 Å². The van der Waals surface area contributed by atoms with Gasteiger partial charge in [-0.2, -0.15) is 0 Å². The summed E-state index contributed by atoms with van der Waals surface area (Å²) in [7, 11) is 1.85. The summed E-state index contributed by atoms with van der Waals surface area (Å²) in [6.45, 7) is 5.50. The van der Waals surface area contributed by atoms with Gasteiger partial charge in [-0.15, -0.1) is 24.0 Å². The van der Waals surface area contributed by atoms with Crippen LogP contribution in [0, 0.1) is 0 Å². The van der Waals surface area contributed by atoms with Crippen molar-refractivity contribution in [3.05, 3.63) is 29.8 Å². The van der Waals surface area contributed by atoms with Crippen molar-refractivity contribution in [1.82, 2.24) is 15.5 Å². The SMILES string of the molecule is CN=C(NCC1Cc2ccccc2O1)NCC1(N2CCOCC2)CCCCC1.I. The molecule has 0 spiro atoms. The van der Waals surface area contributed by atoms with Crippen LogP contribution in [0.3, 0.4) is 0 Å². The Kier molecular flexibility index (Phi) is 8.44. The van der Waals surface area contributed by atoms with E-state index in [0.29, 0.717) is 0 Å². The number of benzene rings is 1. The van der Waals surface area contributed by atoms with Crippen LogP contribution in [-0.4, -0.2) is 68.9 Å². The molecule has 0 bridgehead atoms. The number of hydrogen-bond donors (Lipinski definition) is 2. The summed E-state index contributed by atoms with van der Waals surface area (Å²) in [5, 5.41) is 7.10. The predicted octanol–water partition coefficient (Wildman–Crippen LogP) is 2.81. The van der Waals surface area contributed by atoms with Crippen LogP contribution in [0.25, 0.3) is 0 Å². The molecule has 2 aliphatic heterocycles. The van der Waals surface area contributed by atoms with Gasteiger partial charge in [0.05, 0.1) is 19.8 Å². The zero-order valence-corrected chi connectivity index (χ0v) is 19.8. The van der Waals surface area contributed by atoms with Gasteiger partial charge in [0, 0.05) is 38.6 Å². The lowest BCUT2D eigenvalue weighted by Crippen LogP contribution is -2.60. The first kappa shape index (κ1) is 22.6. The Bertz CT molecular complexity index is 648. The van der Waals surface area contributed by atoms with E-state index in [2.05, 4.69) is 38.7 Å². The normalized spacial score (nSPS) is 24.2. The van der Waals surface area contributed by atoms with E-state index in [-0.39, 0.29) is 35.6 Å². The van der Waals surface area contributed by atoms with Gasteiger partial charge in [0.15, 0.2) is 5.96 Å². The Morgan fingerprint density at radius 2 is 1.90 bits per heavy atom. The fraction of sp³-hybridized carbons (Fsp3) is 0.682. The van der Waals surface area contributed by atoms with Crippen molar-refractivity contribution in [2.45, 2.75) is 50.2 Å². The number of guanidine groups is 1. The quantitative estimate of drug-likeness (QED) is 0.360. The van der Waals surface area contributed by atoms with E-state index in [9.17, 15) is 0 Å². The van der Waals surface area contributed by atoms with E-state index in [1.807, 2.05) is 13.1 Å². The Morgan fingerprint density at radius 1 is 1.14 bits per heavy atom. The lowest BCUT2D eigenvalue weighted by Gasteiger charge is -2.48. The number of nitrogens with zero attached hydrogens (tertiary/aromatic N) is 2. The number of hydrogen-bond acceptors (Lipinski definition) is 4. The molecule has 0 radical (unpaired) electrons. The standard InChI is InChI=1S/C22H34N4O2.HI/c1-23-21(24-16-19-15-18-7-3-4-8-20(18)28-19)25-17-22(9-5-2-6-10-22)26-11-13-27-14-12-26;/h3-4,7-8,19H,2,5-6,9-17H2,1H3,(H2,23,24,25);1H. The van der Waals surface area contributed by atoms with Gasteiger partial charge in [0.2, 0.25) is 0 Å². The number of halogens is 1. The molecule has 29 heavy (non-hydrogen) atoms. The molecule has 1 saturated heterocycles. The molecule has 0 amide bonds. The second kappa shape index (κ2) is 10.8. The van der Waals surface area contributed by atoms with Gasteiger partial charge in [-0.05, 0) is 24.5 Å². The van der Waals surface area contributed by atoms with Crippen LogP contribution in [0.4, 0.5) is 0 Å². The summed E-state index contributed by atoms with van der Waals surface area (Å²) in [6, 6.07) is 8.31. The molecular weight excluding hydrogens is 479 g/mol. The summed E-state index contributed by atoms with van der Waals surface area (Å²) in [4.78, 5) is 7.11. The molecule has 1 aromatic carbocycles. The predicted molar refractivity (Wildman–Crippen MR) is 128 cm³/mol. The van der Waals surface area contributed by atoms with Crippen molar-refractivity contribution in [3.63, 3.8) is 0 Å². The first-order valence-corrected chi connectivity index (χ1v) is 10.8. The average Bonchev–Trinajstić information content (AvgIpc) is 3.18. The average molecular weight is 514 g/mol. The molecule has 7 heteroatoms. The second-order valence-electron chi connectivity index (χ2n) is 8.24. The van der Waals surface area contributed by atoms with Gasteiger partial charge in [-0.1, -0.05) is 37.5 Å². The molecule has 1 aromatic rings. The smallest absolute Gasteiger partial charge is 0.191 e. The largest absolute Gasteiger partial charge is 0.488 e. The molecule has 0 aromatic heterocycles. The minimum atomic E-state index is 0. The number of nitrogens with one attached hydrogen (secondary N) is 2. The third kappa shape index (κ3) is 5.55. The molecule has 3 aliphatic rings. The third-order valence-electron chi connectivity index (χ3n) is 6.49. The van der Waals surface area contributed by atoms with E-state index < -0.39 is 0 Å². The van der Waals surface area contributed by atoms with Crippen molar-refractivity contribution in [2.24, 2.45) is 4.99 Å². The van der Waals surface area contributed by atoms with Gasteiger partial charge in [0.25, 0.3) is 0 Å². The summed E-state index contributed by atoms with van der Waals surface area (Å²) in [5.41, 5.74) is 1.53. The maximum atomic E-state index is 6.04. The minimum Gasteiger partial charge on any atom is -0.488 e. The molecule has 1 unspecified atom stereocenters. The Hall–Kier alpha value is -1.06. The van der Waals surface area contributed by atoms with Crippen molar-refractivity contribution in [3.8, 4) is 5.75 Å². The summed E-state index contributed by atoms with van der Waals surface area (Å²) < 4.78 is 11.6. The second-order valence-corrected chi connectivity index (χ2v) is 8.24. The van der Waals surface area contributed by atoms with Crippen LogP contribution < -0.4 is 15.4 Å². The highest BCUT2D eigenvalue weighted by atomic mass is 127. The molecule has 1 aliphatic carbocycles. The summed E-state index contributed by atoms with van der Waals surface area (Å²) >= 11 is 0. The Morgan fingerprint density at radius 3 is 2.62 bits per heavy atom. The van der Waals surface area contributed by atoms with Crippen LogP contribution in [0.5, 0.6) is 5.75 Å². The molecule has 2 heterocycles. The monoisotopic (exact) mass is 514 g/mol. The number of ether oxygens (including phenoxy) is 2. The lowest BCUT2D eigenvalue weighted by molar-refractivity contribution is -0.0352. The van der Waals surface area contributed by atoms with E-state index in [4.69, 9.17) is 9.47 Å². The van der Waals surface area contributed by atoms with Crippen molar-refractivity contribution in [1.29, 1.82) is 0 Å². The third-order valence-corrected chi connectivity index (χ3v) is 6.49. The number of rotatable bonds is 5. The summed E-state index contributed by atoms with van der Waals surface area (Å²) in [6.07, 6.45) is 7.64. The van der Waals surface area contributed by atoms with Crippen LogP contribution in [0.15, 0.2) is 29.3 Å². The highest BCUT2D eigenvalue weighted by molar-refractivity contribution is 14.0. The molecule has 1 saturated carbocycles. The van der Waals surface area contributed by atoms with Gasteiger partial charge >= 0.3 is 0 Å². The molecule has 4 rings (SSSR count). The van der Waals surface area contributed by atoms with Crippen molar-refractivity contribution >= 4 is 29.9 Å². The zero-order chi connectivity index (χ0) is 19.2. The Balaban J connectivity index is 0.00000240. The van der Waals surface area contributed by atoms with Crippen LogP contribution in [-0.2, 0) is 11.2 Å². The van der Waals surface area contributed by atoms with E-state index >= 15 is 0 Å². The fourth-order valence-electron chi connectivity index (χ4n) is 4.90. The van der Waals surface area contributed by atoms with Crippen LogP contribution in [0.2, 0.25) is 0 Å². The number of morpholine rings is 1. The fourth-order valence-corrected chi connectivity index (χ4v) is 4.90. The molecule has 6 nitrogen and oxygen atoms in total. The van der Waals surface area contributed by atoms with Crippen LogP contribution in [0.1, 0.15) is 37.7 Å². The van der Waals surface area contributed by atoms with Crippen molar-refractivity contribution in [2.75, 3.05) is 46.4 Å². The van der Waals surface area contributed by atoms with E-state index in [1.165, 1.54) is 37.7 Å². The van der Waals surface area contributed by atoms with E-state index in [1.54, 1.807) is 0 Å². The molecule has 2 fully saturated rings. The first-order valence-electron chi connectivity index (χ1n) is 10.8. The Labute approximate surface area is 191 Å². The minimum absolute atomic E-state index is 0. The lowest BCUT2D eigenvalue weighted by atomic mass is 9.80. The summed E-state index contributed by atoms with van der Waals surface area (Å²) in [5.74, 6) is 1.89. The molecule has 1 atom stereocenters. The maximum Gasteiger partial charge on any atom is 0.191 e. The molecule has 2 N–H and O–H groups in total. The number of aliphatic imine (C=N–C) groups is 1. The van der Waals surface area contributed by atoms with Crippen LogP contribution >= 0.6 is 24.0 Å². The number of para-hydroxylation sites is 1. The van der Waals surface area contributed by atoms with Gasteiger partial charge < -0.3 is 20.1 Å². The highest BCUT2D eigenvalue weighted by Gasteiger charge is 2.38. The number of fused-ring (bicyclic) bond motifs is 1. The molecule has 162 valence electrons. The maximum absolute atomic E-state index is 6.04. The van der Waals surface area contributed by atoms with E-state index in [0.717, 1.165) is 57.5 Å². The highest BCUT2D eigenvalue weighted by Crippen LogP contribution is 2.34. The van der Waals surface area contributed by atoms with Gasteiger partial charge in [-0.3, -0.25) is 9.89 Å². The molecular formula is C22H35IN4O2. The first-order chi connectivity index (χ1) is 13.8. The topological polar surface area (TPSA) is 58.1 Å².